The molecule has 1 aliphatic carbocycles. The summed E-state index contributed by atoms with van der Waals surface area (Å²) in [7, 11) is 0. The van der Waals surface area contributed by atoms with E-state index in [1.54, 1.807) is 23.2 Å². The first kappa shape index (κ1) is 20.3. The largest absolute Gasteiger partial charge is 0.851 e. The molecule has 32 heavy (non-hydrogen) atoms. The first-order valence-corrected chi connectivity index (χ1v) is 10.5. The van der Waals surface area contributed by atoms with Gasteiger partial charge in [0.2, 0.25) is 0 Å². The number of hydrogen-bond acceptors (Lipinski definition) is 6. The molecule has 0 radical (unpaired) electrons. The fourth-order valence-electron chi connectivity index (χ4n) is 4.80. The number of nitrogen functional groups attached to an aromatic ring is 2. The number of aromatic nitrogens is 4. The van der Waals surface area contributed by atoms with Gasteiger partial charge in [-0.2, -0.15) is 10.2 Å². The van der Waals surface area contributed by atoms with E-state index in [0.29, 0.717) is 34.2 Å². The number of nitrogens with zero attached hydrogens (tertiary/aromatic N) is 4. The number of hydrogen-bond donors (Lipinski definition) is 2. The number of nitrogens with two attached hydrogens (primary N) is 2. The average Bonchev–Trinajstić information content (AvgIpc) is 3.26. The van der Waals surface area contributed by atoms with Gasteiger partial charge in [-0.05, 0) is 49.9 Å². The Balaban J connectivity index is 1.50. The van der Waals surface area contributed by atoms with Crippen LogP contribution in [0.2, 0.25) is 0 Å². The Labute approximate surface area is 185 Å². The zero-order valence-corrected chi connectivity index (χ0v) is 17.8. The maximum absolute atomic E-state index is 13.4. The van der Waals surface area contributed by atoms with Crippen molar-refractivity contribution in [2.24, 2.45) is 0 Å². The zero-order chi connectivity index (χ0) is 22.6. The molecule has 0 spiro atoms. The molecule has 1 saturated carbocycles. The molecule has 4 N–H and O–H groups in total. The Bertz CT molecular complexity index is 1160. The molecule has 2 aromatic heterocycles. The first-order chi connectivity index (χ1) is 15.4. The van der Waals surface area contributed by atoms with Crippen LogP contribution < -0.4 is 21.7 Å². The second-order valence-corrected chi connectivity index (χ2v) is 8.24. The Morgan fingerprint density at radius 3 is 1.34 bits per heavy atom. The van der Waals surface area contributed by atoms with Crippen LogP contribution in [0.15, 0.2) is 60.7 Å². The van der Waals surface area contributed by atoms with Crippen molar-refractivity contribution < 1.29 is 10.2 Å². The van der Waals surface area contributed by atoms with Crippen molar-refractivity contribution in [3.8, 4) is 11.4 Å². The molecule has 0 bridgehead atoms. The lowest BCUT2D eigenvalue weighted by atomic mass is 9.63. The maximum atomic E-state index is 13.4. The predicted octanol–water partition coefficient (Wildman–Crippen LogP) is 1.18. The van der Waals surface area contributed by atoms with E-state index in [1.807, 2.05) is 60.7 Å². The molecule has 0 saturated heterocycles. The molecule has 4 aromatic rings. The van der Waals surface area contributed by atoms with Gasteiger partial charge in [0.05, 0.1) is 22.8 Å². The second-order valence-electron chi connectivity index (χ2n) is 8.24. The molecule has 0 atom stereocenters. The van der Waals surface area contributed by atoms with Gasteiger partial charge in [-0.1, -0.05) is 36.4 Å². The molecular formula is C24H24N6O2-2. The average molecular weight is 428 g/mol. The monoisotopic (exact) mass is 428 g/mol. The summed E-state index contributed by atoms with van der Waals surface area (Å²) in [6.07, 6.45) is -2.36. The zero-order valence-electron chi connectivity index (χ0n) is 17.8. The summed E-state index contributed by atoms with van der Waals surface area (Å²) in [6.45, 7) is 3.57. The van der Waals surface area contributed by atoms with E-state index in [9.17, 15) is 10.2 Å². The number of aryl methyl sites for hydroxylation is 2. The maximum Gasteiger partial charge on any atom is 0.130 e. The minimum atomic E-state index is -1.18. The fourth-order valence-corrected chi connectivity index (χ4v) is 4.80. The molecule has 2 aromatic carbocycles. The molecule has 2 heterocycles. The molecule has 5 rings (SSSR count). The highest BCUT2D eigenvalue weighted by Gasteiger charge is 2.43. The fraction of sp³-hybridized carbons (Fsp3) is 0.250. The van der Waals surface area contributed by atoms with Gasteiger partial charge < -0.3 is 21.7 Å². The van der Waals surface area contributed by atoms with Gasteiger partial charge in [-0.3, -0.25) is 0 Å². The van der Waals surface area contributed by atoms with E-state index >= 15 is 0 Å². The summed E-state index contributed by atoms with van der Waals surface area (Å²) in [5.41, 5.74) is 16.6. The van der Waals surface area contributed by atoms with Crippen LogP contribution in [0.5, 0.6) is 0 Å². The lowest BCUT2D eigenvalue weighted by Gasteiger charge is -2.61. The topological polar surface area (TPSA) is 134 Å². The highest BCUT2D eigenvalue weighted by Crippen LogP contribution is 2.50. The van der Waals surface area contributed by atoms with Gasteiger partial charge in [0.1, 0.15) is 11.6 Å². The van der Waals surface area contributed by atoms with E-state index in [2.05, 4.69) is 10.2 Å². The second kappa shape index (κ2) is 7.51. The summed E-state index contributed by atoms with van der Waals surface area (Å²) >= 11 is 0. The molecule has 1 aliphatic rings. The predicted molar refractivity (Wildman–Crippen MR) is 118 cm³/mol. The van der Waals surface area contributed by atoms with Crippen LogP contribution in [-0.2, 0) is 0 Å². The van der Waals surface area contributed by atoms with E-state index in [-0.39, 0.29) is 0 Å². The third-order valence-corrected chi connectivity index (χ3v) is 6.37. The third kappa shape index (κ3) is 2.91. The molecular weight excluding hydrogens is 404 g/mol. The molecule has 8 nitrogen and oxygen atoms in total. The molecule has 0 aliphatic heterocycles. The van der Waals surface area contributed by atoms with Gasteiger partial charge >= 0.3 is 0 Å². The van der Waals surface area contributed by atoms with Crippen molar-refractivity contribution in [3.05, 3.63) is 83.2 Å². The molecule has 0 amide bonds. The van der Waals surface area contributed by atoms with Crippen LogP contribution in [0.3, 0.4) is 0 Å². The van der Waals surface area contributed by atoms with Crippen LogP contribution in [0.25, 0.3) is 11.4 Å². The minimum absolute atomic E-state index is 0.337. The number of rotatable bonds is 4. The van der Waals surface area contributed by atoms with Gasteiger partial charge in [0.25, 0.3) is 0 Å². The SMILES string of the molecule is Cc1nn(-c2ccccc2)c(N)c1C1C([O-])C(c2c(C)nn(-c3ccccc3)c2N)C1[O-]. The van der Waals surface area contributed by atoms with Crippen molar-refractivity contribution in [2.75, 3.05) is 11.5 Å². The van der Waals surface area contributed by atoms with Crippen molar-refractivity contribution in [1.82, 2.24) is 19.6 Å². The first-order valence-electron chi connectivity index (χ1n) is 10.5. The summed E-state index contributed by atoms with van der Waals surface area (Å²) in [6, 6.07) is 18.8. The van der Waals surface area contributed by atoms with Gasteiger partial charge in [-0.15, -0.1) is 12.2 Å². The quantitative estimate of drug-likeness (QED) is 0.501. The Morgan fingerprint density at radius 1 is 0.656 bits per heavy atom. The lowest BCUT2D eigenvalue weighted by molar-refractivity contribution is -0.536. The van der Waals surface area contributed by atoms with Crippen LogP contribution >= 0.6 is 0 Å². The van der Waals surface area contributed by atoms with Crippen molar-refractivity contribution in [2.45, 2.75) is 37.9 Å². The molecule has 164 valence electrons. The molecule has 8 heteroatoms. The van der Waals surface area contributed by atoms with Crippen LogP contribution in [-0.4, -0.2) is 31.8 Å². The smallest absolute Gasteiger partial charge is 0.130 e. The molecule has 0 unspecified atom stereocenters. The summed E-state index contributed by atoms with van der Waals surface area (Å²) in [5, 5.41) is 35.7. The van der Waals surface area contributed by atoms with Crippen molar-refractivity contribution in [3.63, 3.8) is 0 Å². The van der Waals surface area contributed by atoms with E-state index in [0.717, 1.165) is 11.4 Å². The number of benzene rings is 2. The van der Waals surface area contributed by atoms with E-state index < -0.39 is 24.0 Å². The van der Waals surface area contributed by atoms with Gasteiger partial charge in [-0.25, -0.2) is 9.36 Å². The van der Waals surface area contributed by atoms with Crippen LogP contribution in [0.4, 0.5) is 11.6 Å². The van der Waals surface area contributed by atoms with E-state index in [1.165, 1.54) is 0 Å². The summed E-state index contributed by atoms with van der Waals surface area (Å²) in [5.74, 6) is -0.889. The lowest BCUT2D eigenvalue weighted by Crippen LogP contribution is -2.64. The van der Waals surface area contributed by atoms with Gasteiger partial charge in [0, 0.05) is 11.1 Å². The van der Waals surface area contributed by atoms with Crippen molar-refractivity contribution >= 4 is 11.6 Å². The highest BCUT2D eigenvalue weighted by atomic mass is 16.3. The normalized spacial score (nSPS) is 22.6. The van der Waals surface area contributed by atoms with E-state index in [4.69, 9.17) is 11.5 Å². The Morgan fingerprint density at radius 2 is 1.00 bits per heavy atom. The van der Waals surface area contributed by atoms with Crippen molar-refractivity contribution in [1.29, 1.82) is 0 Å². The van der Waals surface area contributed by atoms with Crippen LogP contribution in [0, 0.1) is 13.8 Å². The Hall–Kier alpha value is -3.62. The summed E-state index contributed by atoms with van der Waals surface area (Å²) in [4.78, 5) is 0. The summed E-state index contributed by atoms with van der Waals surface area (Å²) < 4.78 is 3.18. The van der Waals surface area contributed by atoms with Crippen LogP contribution in [0.1, 0.15) is 34.4 Å². The van der Waals surface area contributed by atoms with Gasteiger partial charge in [0.15, 0.2) is 0 Å². The minimum Gasteiger partial charge on any atom is -0.851 e. The number of para-hydroxylation sites is 2. The standard InChI is InChI=1S/C24H24N6O2/c1-13-17(23(25)29(27-13)15-9-5-3-6-10-15)19-21(31)20(22(19)32)18-14(2)28-30(24(18)26)16-11-7-4-8-12-16/h3-12,19-22H,25-26H2,1-2H3/q-2. The number of anilines is 2. The highest BCUT2D eigenvalue weighted by molar-refractivity contribution is 5.58. The molecule has 1 fully saturated rings. The Kier molecular flexibility index (Phi) is 4.76. The third-order valence-electron chi connectivity index (χ3n) is 6.37.